The van der Waals surface area contributed by atoms with Crippen LogP contribution in [-0.2, 0) is 16.1 Å². The van der Waals surface area contributed by atoms with Gasteiger partial charge in [-0.2, -0.15) is 0 Å². The van der Waals surface area contributed by atoms with Crippen molar-refractivity contribution < 1.29 is 9.59 Å². The molecular formula is C16H20N4O2S. The summed E-state index contributed by atoms with van der Waals surface area (Å²) in [7, 11) is 3.89. The van der Waals surface area contributed by atoms with Gasteiger partial charge < -0.3 is 15.5 Å². The summed E-state index contributed by atoms with van der Waals surface area (Å²) in [6, 6.07) is 5.64. The molecule has 7 heteroatoms. The Hall–Kier alpha value is -2.41. The van der Waals surface area contributed by atoms with Gasteiger partial charge in [-0.15, -0.1) is 11.3 Å². The third kappa shape index (κ3) is 4.53. The highest BCUT2D eigenvalue weighted by atomic mass is 32.1. The molecule has 0 aliphatic heterocycles. The topological polar surface area (TPSA) is 74.3 Å². The number of thiazole rings is 1. The van der Waals surface area contributed by atoms with E-state index in [-0.39, 0.29) is 0 Å². The lowest BCUT2D eigenvalue weighted by atomic mass is 10.1. The van der Waals surface area contributed by atoms with Gasteiger partial charge in [0.15, 0.2) is 0 Å². The number of hydrogen-bond acceptors (Lipinski definition) is 5. The summed E-state index contributed by atoms with van der Waals surface area (Å²) in [4.78, 5) is 30.8. The molecule has 0 aliphatic carbocycles. The van der Waals surface area contributed by atoms with Crippen molar-refractivity contribution in [1.29, 1.82) is 0 Å². The molecule has 2 rings (SSSR count). The fourth-order valence-corrected chi connectivity index (χ4v) is 2.71. The molecule has 2 aromatic rings. The second-order valence-corrected chi connectivity index (χ2v) is 6.70. The average Bonchev–Trinajstić information content (AvgIpc) is 2.92. The van der Waals surface area contributed by atoms with Crippen molar-refractivity contribution in [3.8, 4) is 0 Å². The minimum absolute atomic E-state index is 0.302. The number of hydrogen-bond donors (Lipinski definition) is 2. The Bertz CT molecular complexity index is 725. The molecule has 122 valence electrons. The zero-order valence-electron chi connectivity index (χ0n) is 13.6. The van der Waals surface area contributed by atoms with Crippen molar-refractivity contribution >= 4 is 34.5 Å². The first-order valence-electron chi connectivity index (χ1n) is 7.15. The lowest BCUT2D eigenvalue weighted by Crippen LogP contribution is -2.34. The van der Waals surface area contributed by atoms with Crippen LogP contribution in [0, 0.1) is 13.8 Å². The van der Waals surface area contributed by atoms with Gasteiger partial charge in [0.05, 0.1) is 11.6 Å². The molecule has 6 nitrogen and oxygen atoms in total. The predicted molar refractivity (Wildman–Crippen MR) is 92.8 cm³/mol. The van der Waals surface area contributed by atoms with E-state index in [1.165, 1.54) is 11.3 Å². The smallest absolute Gasteiger partial charge is 0.313 e. The quantitative estimate of drug-likeness (QED) is 0.841. The Balaban J connectivity index is 1.94. The van der Waals surface area contributed by atoms with Gasteiger partial charge >= 0.3 is 11.8 Å². The molecule has 1 aromatic heterocycles. The van der Waals surface area contributed by atoms with Crippen LogP contribution in [0.4, 0.5) is 11.4 Å². The van der Waals surface area contributed by atoms with Gasteiger partial charge in [0.25, 0.3) is 0 Å². The van der Waals surface area contributed by atoms with Crippen LogP contribution >= 0.6 is 11.3 Å². The van der Waals surface area contributed by atoms with Gasteiger partial charge in [0, 0.05) is 36.5 Å². The largest absolute Gasteiger partial charge is 0.378 e. The number of carbonyl (C=O) groups excluding carboxylic acids is 2. The maximum absolute atomic E-state index is 12.0. The Morgan fingerprint density at radius 2 is 1.96 bits per heavy atom. The van der Waals surface area contributed by atoms with E-state index in [9.17, 15) is 9.59 Å². The molecule has 0 saturated carbocycles. The molecule has 2 N–H and O–H groups in total. The number of amides is 2. The van der Waals surface area contributed by atoms with Crippen molar-refractivity contribution in [1.82, 2.24) is 10.3 Å². The Labute approximate surface area is 139 Å². The van der Waals surface area contributed by atoms with E-state index in [1.807, 2.05) is 45.0 Å². The van der Waals surface area contributed by atoms with Crippen molar-refractivity contribution in [3.63, 3.8) is 0 Å². The Kier molecular flexibility index (Phi) is 5.33. The van der Waals surface area contributed by atoms with E-state index in [0.29, 0.717) is 12.2 Å². The van der Waals surface area contributed by atoms with Gasteiger partial charge in [-0.25, -0.2) is 4.98 Å². The molecule has 0 fully saturated rings. The van der Waals surface area contributed by atoms with Crippen LogP contribution in [0.2, 0.25) is 0 Å². The second-order valence-electron chi connectivity index (χ2n) is 5.38. The van der Waals surface area contributed by atoms with Crippen molar-refractivity contribution in [3.05, 3.63) is 39.8 Å². The number of carbonyl (C=O) groups is 2. The first kappa shape index (κ1) is 17.0. The van der Waals surface area contributed by atoms with Crippen molar-refractivity contribution in [2.75, 3.05) is 24.3 Å². The predicted octanol–water partition coefficient (Wildman–Crippen LogP) is 2.08. The van der Waals surface area contributed by atoms with Crippen LogP contribution in [-0.4, -0.2) is 30.9 Å². The van der Waals surface area contributed by atoms with Gasteiger partial charge in [-0.05, 0) is 37.6 Å². The van der Waals surface area contributed by atoms with Crippen LogP contribution < -0.4 is 15.5 Å². The van der Waals surface area contributed by atoms with Gasteiger partial charge in [0.1, 0.15) is 0 Å². The van der Waals surface area contributed by atoms with Gasteiger partial charge in [-0.1, -0.05) is 0 Å². The number of nitrogens with zero attached hydrogens (tertiary/aromatic N) is 2. The van der Waals surface area contributed by atoms with E-state index in [2.05, 4.69) is 15.6 Å². The fraction of sp³-hybridized carbons (Fsp3) is 0.312. The molecule has 0 spiro atoms. The van der Waals surface area contributed by atoms with Crippen molar-refractivity contribution in [2.45, 2.75) is 20.4 Å². The number of aryl methyl sites for hydroxylation is 2. The van der Waals surface area contributed by atoms with Gasteiger partial charge in [-0.3, -0.25) is 9.59 Å². The molecular weight excluding hydrogens is 312 g/mol. The number of anilines is 2. The highest BCUT2D eigenvalue weighted by molar-refractivity contribution is 7.11. The third-order valence-electron chi connectivity index (χ3n) is 3.27. The summed E-state index contributed by atoms with van der Waals surface area (Å²) in [5.41, 5.74) is 2.56. The Morgan fingerprint density at radius 3 is 2.52 bits per heavy atom. The van der Waals surface area contributed by atoms with E-state index in [1.54, 1.807) is 12.3 Å². The van der Waals surface area contributed by atoms with E-state index in [0.717, 1.165) is 21.1 Å². The molecule has 0 aliphatic rings. The van der Waals surface area contributed by atoms with E-state index < -0.39 is 11.8 Å². The van der Waals surface area contributed by atoms with Crippen LogP contribution in [0.15, 0.2) is 24.4 Å². The minimum atomic E-state index is -0.674. The zero-order valence-corrected chi connectivity index (χ0v) is 14.5. The summed E-state index contributed by atoms with van der Waals surface area (Å²) < 4.78 is 0. The van der Waals surface area contributed by atoms with E-state index >= 15 is 0 Å². The van der Waals surface area contributed by atoms with Crippen LogP contribution in [0.3, 0.4) is 0 Å². The maximum atomic E-state index is 12.0. The number of aromatic nitrogens is 1. The SMILES string of the molecule is Cc1ncc(CNC(=O)C(=O)Nc2ccc(N(C)C)cc2C)s1. The number of benzene rings is 1. The van der Waals surface area contributed by atoms with Crippen LogP contribution in [0.25, 0.3) is 0 Å². The lowest BCUT2D eigenvalue weighted by molar-refractivity contribution is -0.136. The molecule has 0 radical (unpaired) electrons. The molecule has 0 unspecified atom stereocenters. The molecule has 0 atom stereocenters. The molecule has 23 heavy (non-hydrogen) atoms. The molecule has 2 amide bonds. The summed E-state index contributed by atoms with van der Waals surface area (Å²) in [6.45, 7) is 4.08. The monoisotopic (exact) mass is 332 g/mol. The van der Waals surface area contributed by atoms with Crippen molar-refractivity contribution in [2.24, 2.45) is 0 Å². The molecule has 1 aromatic carbocycles. The number of nitrogens with one attached hydrogen (secondary N) is 2. The maximum Gasteiger partial charge on any atom is 0.313 e. The average molecular weight is 332 g/mol. The fourth-order valence-electron chi connectivity index (χ4n) is 1.98. The van der Waals surface area contributed by atoms with E-state index in [4.69, 9.17) is 0 Å². The first-order valence-corrected chi connectivity index (χ1v) is 7.97. The lowest BCUT2D eigenvalue weighted by Gasteiger charge is -2.15. The number of rotatable bonds is 4. The standard InChI is InChI=1S/C16H20N4O2S/c1-10-7-12(20(3)4)5-6-14(10)19-16(22)15(21)18-9-13-8-17-11(2)23-13/h5-8H,9H2,1-4H3,(H,18,21)(H,19,22). The highest BCUT2D eigenvalue weighted by Crippen LogP contribution is 2.21. The third-order valence-corrected chi connectivity index (χ3v) is 4.19. The van der Waals surface area contributed by atoms with Crippen LogP contribution in [0.5, 0.6) is 0 Å². The second kappa shape index (κ2) is 7.23. The first-order chi connectivity index (χ1) is 10.9. The molecule has 0 bridgehead atoms. The highest BCUT2D eigenvalue weighted by Gasteiger charge is 2.15. The summed E-state index contributed by atoms with van der Waals surface area (Å²) >= 11 is 1.49. The minimum Gasteiger partial charge on any atom is -0.378 e. The van der Waals surface area contributed by atoms with Gasteiger partial charge in [0.2, 0.25) is 0 Å². The van der Waals surface area contributed by atoms with Crippen LogP contribution in [0.1, 0.15) is 15.4 Å². The normalized spacial score (nSPS) is 10.3. The summed E-state index contributed by atoms with van der Waals surface area (Å²) in [5.74, 6) is -1.33. The summed E-state index contributed by atoms with van der Waals surface area (Å²) in [5, 5.41) is 6.15. The Morgan fingerprint density at radius 1 is 1.22 bits per heavy atom. The zero-order chi connectivity index (χ0) is 17.0. The summed E-state index contributed by atoms with van der Waals surface area (Å²) in [6.07, 6.45) is 1.70. The molecule has 1 heterocycles. The molecule has 0 saturated heterocycles.